The number of benzene rings is 1. The van der Waals surface area contributed by atoms with Crippen molar-refractivity contribution in [3.8, 4) is 0 Å². The molecular formula is C12H16N2O4. The van der Waals surface area contributed by atoms with Crippen LogP contribution in [-0.4, -0.2) is 41.7 Å². The number of amides is 1. The van der Waals surface area contributed by atoms with E-state index in [2.05, 4.69) is 0 Å². The molecule has 98 valence electrons. The number of hydrogen-bond donors (Lipinski definition) is 2. The molecule has 1 aromatic rings. The second-order valence-electron chi connectivity index (χ2n) is 3.74. The van der Waals surface area contributed by atoms with E-state index in [1.54, 1.807) is 0 Å². The van der Waals surface area contributed by atoms with E-state index in [4.69, 9.17) is 15.6 Å². The summed E-state index contributed by atoms with van der Waals surface area (Å²) in [5.41, 5.74) is 6.12. The number of nitrogens with zero attached hydrogens (tertiary/aromatic N) is 1. The highest BCUT2D eigenvalue weighted by molar-refractivity contribution is 5.80. The molecule has 1 aromatic carbocycles. The van der Waals surface area contributed by atoms with Crippen LogP contribution in [0.3, 0.4) is 0 Å². The maximum Gasteiger partial charge on any atom is 0.410 e. The molecule has 0 saturated heterocycles. The predicted molar refractivity (Wildman–Crippen MR) is 64.9 cm³/mol. The van der Waals surface area contributed by atoms with E-state index in [0.29, 0.717) is 0 Å². The molecule has 0 aliphatic rings. The third kappa shape index (κ3) is 3.74. The first kappa shape index (κ1) is 14.0. The molecule has 3 N–H and O–H groups in total. The second kappa shape index (κ2) is 6.61. The number of nitrogens with two attached hydrogens (primary N) is 1. The van der Waals surface area contributed by atoms with Gasteiger partial charge in [-0.1, -0.05) is 30.3 Å². The van der Waals surface area contributed by atoms with Crippen molar-refractivity contribution in [3.05, 3.63) is 35.9 Å². The van der Waals surface area contributed by atoms with Crippen molar-refractivity contribution in [2.45, 2.75) is 12.6 Å². The quantitative estimate of drug-likeness (QED) is 0.803. The van der Waals surface area contributed by atoms with Crippen LogP contribution >= 0.6 is 0 Å². The van der Waals surface area contributed by atoms with Gasteiger partial charge < -0.3 is 15.6 Å². The fourth-order valence-electron chi connectivity index (χ4n) is 1.37. The lowest BCUT2D eigenvalue weighted by molar-refractivity contribution is -0.141. The highest BCUT2D eigenvalue weighted by Crippen LogP contribution is 2.04. The molecule has 0 unspecified atom stereocenters. The zero-order valence-electron chi connectivity index (χ0n) is 10.1. The van der Waals surface area contributed by atoms with Gasteiger partial charge in [0, 0.05) is 13.6 Å². The SMILES string of the molecule is CN(C(=O)OCc1ccccc1)[C@@H](CN)C(=O)O. The Morgan fingerprint density at radius 3 is 2.50 bits per heavy atom. The molecule has 18 heavy (non-hydrogen) atoms. The van der Waals surface area contributed by atoms with Crippen LogP contribution in [0.15, 0.2) is 30.3 Å². The predicted octanol–water partition coefficient (Wildman–Crippen LogP) is 0.667. The number of aliphatic carboxylic acids is 1. The number of carboxylic acid groups (broad SMARTS) is 1. The van der Waals surface area contributed by atoms with Gasteiger partial charge in [-0.3, -0.25) is 4.90 Å². The Hall–Kier alpha value is -2.08. The molecule has 1 rings (SSSR count). The first-order valence-corrected chi connectivity index (χ1v) is 5.42. The summed E-state index contributed by atoms with van der Waals surface area (Å²) in [5, 5.41) is 8.85. The van der Waals surface area contributed by atoms with Crippen molar-refractivity contribution >= 4 is 12.1 Å². The number of likely N-dealkylation sites (N-methyl/N-ethyl adjacent to an activating group) is 1. The first-order chi connectivity index (χ1) is 8.56. The van der Waals surface area contributed by atoms with Crippen LogP contribution in [0.5, 0.6) is 0 Å². The maximum atomic E-state index is 11.6. The Kier molecular flexibility index (Phi) is 5.13. The number of carboxylic acids is 1. The topological polar surface area (TPSA) is 92.9 Å². The Morgan fingerprint density at radius 1 is 1.39 bits per heavy atom. The molecule has 0 heterocycles. The van der Waals surface area contributed by atoms with E-state index in [1.165, 1.54) is 7.05 Å². The standard InChI is InChI=1S/C12H16N2O4/c1-14(10(7-13)11(15)16)12(17)18-8-9-5-3-2-4-6-9/h2-6,10H,7-8,13H2,1H3,(H,15,16)/t10-/m0/s1. The van der Waals surface area contributed by atoms with Gasteiger partial charge in [-0.2, -0.15) is 0 Å². The van der Waals surface area contributed by atoms with Crippen molar-refractivity contribution in [2.75, 3.05) is 13.6 Å². The minimum atomic E-state index is -1.16. The second-order valence-corrected chi connectivity index (χ2v) is 3.74. The molecular weight excluding hydrogens is 236 g/mol. The van der Waals surface area contributed by atoms with Crippen LogP contribution in [0.4, 0.5) is 4.79 Å². The van der Waals surface area contributed by atoms with Crippen LogP contribution in [0.25, 0.3) is 0 Å². The van der Waals surface area contributed by atoms with Gasteiger partial charge in [0.25, 0.3) is 0 Å². The highest BCUT2D eigenvalue weighted by Gasteiger charge is 2.25. The smallest absolute Gasteiger partial charge is 0.410 e. The number of ether oxygens (including phenoxy) is 1. The average molecular weight is 252 g/mol. The summed E-state index contributed by atoms with van der Waals surface area (Å²) in [4.78, 5) is 23.4. The molecule has 6 heteroatoms. The average Bonchev–Trinajstić information content (AvgIpc) is 2.37. The Morgan fingerprint density at radius 2 is 2.00 bits per heavy atom. The molecule has 0 spiro atoms. The van der Waals surface area contributed by atoms with Crippen molar-refractivity contribution in [2.24, 2.45) is 5.73 Å². The molecule has 1 amide bonds. The van der Waals surface area contributed by atoms with E-state index in [0.717, 1.165) is 10.5 Å². The summed E-state index contributed by atoms with van der Waals surface area (Å²) in [5.74, 6) is -1.16. The van der Waals surface area contributed by atoms with E-state index >= 15 is 0 Å². The molecule has 0 aliphatic carbocycles. The van der Waals surface area contributed by atoms with Gasteiger partial charge in [-0.15, -0.1) is 0 Å². The lowest BCUT2D eigenvalue weighted by Gasteiger charge is -2.22. The third-order valence-corrected chi connectivity index (χ3v) is 2.47. The summed E-state index contributed by atoms with van der Waals surface area (Å²) in [6, 6.07) is 8.05. The van der Waals surface area contributed by atoms with Gasteiger partial charge >= 0.3 is 12.1 Å². The molecule has 0 bridgehead atoms. The number of carbonyl (C=O) groups excluding carboxylic acids is 1. The number of rotatable bonds is 5. The third-order valence-electron chi connectivity index (χ3n) is 2.47. The zero-order chi connectivity index (χ0) is 13.5. The summed E-state index contributed by atoms with van der Waals surface area (Å²) in [7, 11) is 1.35. The van der Waals surface area contributed by atoms with Gasteiger partial charge in [-0.05, 0) is 5.56 Å². The molecule has 0 aromatic heterocycles. The Balaban J connectivity index is 2.52. The molecule has 6 nitrogen and oxygen atoms in total. The fraction of sp³-hybridized carbons (Fsp3) is 0.333. The van der Waals surface area contributed by atoms with Gasteiger partial charge in [0.15, 0.2) is 0 Å². The van der Waals surface area contributed by atoms with Crippen molar-refractivity contribution in [1.29, 1.82) is 0 Å². The first-order valence-electron chi connectivity index (χ1n) is 5.42. The van der Waals surface area contributed by atoms with E-state index in [1.807, 2.05) is 30.3 Å². The fourth-order valence-corrected chi connectivity index (χ4v) is 1.37. The van der Waals surface area contributed by atoms with Crippen LogP contribution < -0.4 is 5.73 Å². The molecule has 0 radical (unpaired) electrons. The van der Waals surface area contributed by atoms with E-state index < -0.39 is 18.1 Å². The zero-order valence-corrected chi connectivity index (χ0v) is 10.1. The van der Waals surface area contributed by atoms with Crippen LogP contribution in [-0.2, 0) is 16.1 Å². The number of carbonyl (C=O) groups is 2. The maximum absolute atomic E-state index is 11.6. The van der Waals surface area contributed by atoms with Gasteiger partial charge in [0.2, 0.25) is 0 Å². The summed E-state index contributed by atoms with van der Waals surface area (Å²) in [6.07, 6.45) is -0.711. The molecule has 0 aliphatic heterocycles. The lowest BCUT2D eigenvalue weighted by atomic mass is 10.2. The normalized spacial score (nSPS) is 11.7. The number of hydrogen-bond acceptors (Lipinski definition) is 4. The highest BCUT2D eigenvalue weighted by atomic mass is 16.6. The van der Waals surface area contributed by atoms with Gasteiger partial charge in [-0.25, -0.2) is 9.59 Å². The van der Waals surface area contributed by atoms with Crippen molar-refractivity contribution < 1.29 is 19.4 Å². The molecule has 0 saturated carbocycles. The summed E-state index contributed by atoms with van der Waals surface area (Å²) < 4.78 is 4.99. The van der Waals surface area contributed by atoms with Crippen LogP contribution in [0.2, 0.25) is 0 Å². The van der Waals surface area contributed by atoms with Crippen LogP contribution in [0.1, 0.15) is 5.56 Å². The summed E-state index contributed by atoms with van der Waals surface area (Å²) in [6.45, 7) is -0.0623. The molecule has 0 fully saturated rings. The minimum absolute atomic E-state index is 0.0981. The van der Waals surface area contributed by atoms with Gasteiger partial charge in [0.05, 0.1) is 0 Å². The Labute approximate surface area is 105 Å². The lowest BCUT2D eigenvalue weighted by Crippen LogP contribution is -2.47. The van der Waals surface area contributed by atoms with Crippen molar-refractivity contribution in [3.63, 3.8) is 0 Å². The van der Waals surface area contributed by atoms with E-state index in [9.17, 15) is 9.59 Å². The largest absolute Gasteiger partial charge is 0.480 e. The van der Waals surface area contributed by atoms with Gasteiger partial charge in [0.1, 0.15) is 12.6 Å². The van der Waals surface area contributed by atoms with Crippen LogP contribution in [0, 0.1) is 0 Å². The Bertz CT molecular complexity index is 408. The van der Waals surface area contributed by atoms with E-state index in [-0.39, 0.29) is 13.2 Å². The summed E-state index contributed by atoms with van der Waals surface area (Å²) >= 11 is 0. The van der Waals surface area contributed by atoms with Crippen molar-refractivity contribution in [1.82, 2.24) is 4.90 Å². The molecule has 1 atom stereocenters. The monoisotopic (exact) mass is 252 g/mol. The minimum Gasteiger partial charge on any atom is -0.480 e.